The standard InChI is InChI=1S/C14H19N3O3/c1-10-5-3-6-11(9-10)15-16-13(18)12-7-4-8-17(12)14(19)20-2/h3,5-6,9,12,15H,4,7-8H2,1-2H3,(H,16,18). The SMILES string of the molecule is COC(=O)N1CCCC1C(=O)NNc1cccc(C)c1. The average Bonchev–Trinajstić information content (AvgIpc) is 2.93. The third-order valence-corrected chi connectivity index (χ3v) is 3.31. The summed E-state index contributed by atoms with van der Waals surface area (Å²) in [6, 6.07) is 7.19. The summed E-state index contributed by atoms with van der Waals surface area (Å²) in [5.74, 6) is -0.227. The van der Waals surface area contributed by atoms with E-state index in [1.165, 1.54) is 12.0 Å². The molecule has 1 aromatic carbocycles. The fourth-order valence-electron chi connectivity index (χ4n) is 2.31. The lowest BCUT2D eigenvalue weighted by atomic mass is 10.2. The van der Waals surface area contributed by atoms with Crippen molar-refractivity contribution in [3.8, 4) is 0 Å². The first-order chi connectivity index (χ1) is 9.61. The largest absolute Gasteiger partial charge is 0.453 e. The van der Waals surface area contributed by atoms with Crippen molar-refractivity contribution >= 4 is 17.7 Å². The zero-order valence-electron chi connectivity index (χ0n) is 11.7. The number of hydrazine groups is 1. The highest BCUT2D eigenvalue weighted by atomic mass is 16.5. The maximum absolute atomic E-state index is 12.1. The molecule has 6 nitrogen and oxygen atoms in total. The second kappa shape index (κ2) is 6.27. The van der Waals surface area contributed by atoms with Crippen LogP contribution >= 0.6 is 0 Å². The first-order valence-corrected chi connectivity index (χ1v) is 6.59. The van der Waals surface area contributed by atoms with Gasteiger partial charge in [0.1, 0.15) is 6.04 Å². The van der Waals surface area contributed by atoms with Crippen LogP contribution in [-0.2, 0) is 9.53 Å². The predicted molar refractivity (Wildman–Crippen MR) is 75.1 cm³/mol. The normalized spacial score (nSPS) is 17.7. The lowest BCUT2D eigenvalue weighted by Gasteiger charge is -2.22. The Labute approximate surface area is 118 Å². The zero-order valence-corrected chi connectivity index (χ0v) is 11.7. The van der Waals surface area contributed by atoms with Gasteiger partial charge in [0, 0.05) is 6.54 Å². The van der Waals surface area contributed by atoms with Gasteiger partial charge in [-0.2, -0.15) is 0 Å². The third kappa shape index (κ3) is 3.20. The maximum Gasteiger partial charge on any atom is 0.410 e. The van der Waals surface area contributed by atoms with Gasteiger partial charge < -0.3 is 4.74 Å². The molecular weight excluding hydrogens is 258 g/mol. The van der Waals surface area contributed by atoms with Crippen molar-refractivity contribution in [1.82, 2.24) is 10.3 Å². The van der Waals surface area contributed by atoms with E-state index in [2.05, 4.69) is 15.6 Å². The number of ether oxygens (including phenoxy) is 1. The summed E-state index contributed by atoms with van der Waals surface area (Å²) < 4.78 is 4.68. The number of hydrogen-bond acceptors (Lipinski definition) is 4. The van der Waals surface area contributed by atoms with Crippen LogP contribution in [0.2, 0.25) is 0 Å². The van der Waals surface area contributed by atoms with E-state index in [0.29, 0.717) is 13.0 Å². The number of amides is 2. The molecule has 0 saturated carbocycles. The van der Waals surface area contributed by atoms with Crippen molar-refractivity contribution in [3.05, 3.63) is 29.8 Å². The van der Waals surface area contributed by atoms with Crippen LogP contribution in [-0.4, -0.2) is 36.6 Å². The van der Waals surface area contributed by atoms with Crippen LogP contribution < -0.4 is 10.9 Å². The van der Waals surface area contributed by atoms with Gasteiger partial charge in [-0.1, -0.05) is 12.1 Å². The number of rotatable bonds is 3. The van der Waals surface area contributed by atoms with E-state index in [9.17, 15) is 9.59 Å². The number of aryl methyl sites for hydroxylation is 1. The molecule has 0 radical (unpaired) electrons. The molecule has 108 valence electrons. The molecule has 1 saturated heterocycles. The second-order valence-corrected chi connectivity index (χ2v) is 4.81. The summed E-state index contributed by atoms with van der Waals surface area (Å²) >= 11 is 0. The van der Waals surface area contributed by atoms with Crippen LogP contribution in [0.3, 0.4) is 0 Å². The van der Waals surface area contributed by atoms with E-state index in [-0.39, 0.29) is 5.91 Å². The monoisotopic (exact) mass is 277 g/mol. The molecule has 0 spiro atoms. The number of carbonyl (C=O) groups is 2. The quantitative estimate of drug-likeness (QED) is 0.824. The number of carbonyl (C=O) groups excluding carboxylic acids is 2. The summed E-state index contributed by atoms with van der Waals surface area (Å²) in [5.41, 5.74) is 7.40. The van der Waals surface area contributed by atoms with Gasteiger partial charge in [-0.3, -0.25) is 20.5 Å². The molecule has 0 bridgehead atoms. The molecule has 0 aliphatic carbocycles. The Balaban J connectivity index is 1.93. The molecule has 20 heavy (non-hydrogen) atoms. The van der Waals surface area contributed by atoms with E-state index >= 15 is 0 Å². The number of nitrogens with zero attached hydrogens (tertiary/aromatic N) is 1. The third-order valence-electron chi connectivity index (χ3n) is 3.31. The van der Waals surface area contributed by atoms with E-state index < -0.39 is 12.1 Å². The molecule has 1 heterocycles. The molecule has 2 rings (SSSR count). The number of hydrogen-bond donors (Lipinski definition) is 2. The van der Waals surface area contributed by atoms with Gasteiger partial charge >= 0.3 is 6.09 Å². The smallest absolute Gasteiger partial charge is 0.410 e. The fraction of sp³-hybridized carbons (Fsp3) is 0.429. The topological polar surface area (TPSA) is 70.7 Å². The molecule has 1 fully saturated rings. The Morgan fingerprint density at radius 2 is 2.20 bits per heavy atom. The highest BCUT2D eigenvalue weighted by molar-refractivity contribution is 5.87. The van der Waals surface area contributed by atoms with E-state index in [4.69, 9.17) is 0 Å². The number of likely N-dealkylation sites (tertiary alicyclic amines) is 1. The van der Waals surface area contributed by atoms with Crippen LogP contribution in [0.4, 0.5) is 10.5 Å². The predicted octanol–water partition coefficient (Wildman–Crippen LogP) is 1.67. The minimum atomic E-state index is -0.472. The minimum Gasteiger partial charge on any atom is -0.453 e. The van der Waals surface area contributed by atoms with Crippen LogP contribution in [0, 0.1) is 6.92 Å². The van der Waals surface area contributed by atoms with E-state index in [1.54, 1.807) is 0 Å². The zero-order chi connectivity index (χ0) is 14.5. The van der Waals surface area contributed by atoms with Crippen molar-refractivity contribution in [2.45, 2.75) is 25.8 Å². The fourth-order valence-corrected chi connectivity index (χ4v) is 2.31. The van der Waals surface area contributed by atoms with Crippen LogP contribution in [0.1, 0.15) is 18.4 Å². The molecule has 0 aromatic heterocycles. The Hall–Kier alpha value is -2.24. The molecular formula is C14H19N3O3. The minimum absolute atomic E-state index is 0.227. The van der Waals surface area contributed by atoms with Crippen molar-refractivity contribution in [2.24, 2.45) is 0 Å². The summed E-state index contributed by atoms with van der Waals surface area (Å²) in [4.78, 5) is 25.1. The van der Waals surface area contributed by atoms with Crippen molar-refractivity contribution in [2.75, 3.05) is 19.1 Å². The first-order valence-electron chi connectivity index (χ1n) is 6.59. The van der Waals surface area contributed by atoms with E-state index in [1.807, 2.05) is 31.2 Å². The van der Waals surface area contributed by atoms with Gasteiger partial charge in [0.2, 0.25) is 0 Å². The number of benzene rings is 1. The summed E-state index contributed by atoms with van der Waals surface area (Å²) in [7, 11) is 1.32. The Morgan fingerprint density at radius 3 is 2.90 bits per heavy atom. The summed E-state index contributed by atoms with van der Waals surface area (Å²) in [6.07, 6.45) is 0.992. The highest BCUT2D eigenvalue weighted by Gasteiger charge is 2.34. The van der Waals surface area contributed by atoms with Gasteiger partial charge in [0.25, 0.3) is 5.91 Å². The van der Waals surface area contributed by atoms with Crippen LogP contribution in [0.25, 0.3) is 0 Å². The highest BCUT2D eigenvalue weighted by Crippen LogP contribution is 2.18. The first kappa shape index (κ1) is 14.2. The Bertz CT molecular complexity index is 504. The van der Waals surface area contributed by atoms with Gasteiger partial charge in [-0.25, -0.2) is 4.79 Å². The van der Waals surface area contributed by atoms with Gasteiger partial charge in [0.15, 0.2) is 0 Å². The van der Waals surface area contributed by atoms with E-state index in [0.717, 1.165) is 17.7 Å². The Kier molecular flexibility index (Phi) is 4.45. The lowest BCUT2D eigenvalue weighted by Crippen LogP contribution is -2.47. The van der Waals surface area contributed by atoms with Gasteiger partial charge in [-0.05, 0) is 37.5 Å². The second-order valence-electron chi connectivity index (χ2n) is 4.81. The summed E-state index contributed by atoms with van der Waals surface area (Å²) in [6.45, 7) is 2.53. The Morgan fingerprint density at radius 1 is 1.40 bits per heavy atom. The molecule has 1 aromatic rings. The maximum atomic E-state index is 12.1. The molecule has 6 heteroatoms. The molecule has 1 aliphatic rings. The van der Waals surface area contributed by atoms with Crippen molar-refractivity contribution in [1.29, 1.82) is 0 Å². The van der Waals surface area contributed by atoms with Gasteiger partial charge in [-0.15, -0.1) is 0 Å². The number of methoxy groups -OCH3 is 1. The number of anilines is 1. The number of nitrogens with one attached hydrogen (secondary N) is 2. The van der Waals surface area contributed by atoms with Crippen molar-refractivity contribution < 1.29 is 14.3 Å². The lowest BCUT2D eigenvalue weighted by molar-refractivity contribution is -0.124. The molecule has 2 amide bonds. The van der Waals surface area contributed by atoms with Gasteiger partial charge in [0.05, 0.1) is 12.8 Å². The molecule has 1 atom stereocenters. The summed E-state index contributed by atoms with van der Waals surface area (Å²) in [5, 5.41) is 0. The van der Waals surface area contributed by atoms with Crippen LogP contribution in [0.15, 0.2) is 24.3 Å². The van der Waals surface area contributed by atoms with Crippen LogP contribution in [0.5, 0.6) is 0 Å². The molecule has 2 N–H and O–H groups in total. The van der Waals surface area contributed by atoms with Crippen molar-refractivity contribution in [3.63, 3.8) is 0 Å². The molecule has 1 aliphatic heterocycles. The average molecular weight is 277 g/mol. The molecule has 1 unspecified atom stereocenters.